The molecule has 112 valence electrons. The van der Waals surface area contributed by atoms with Gasteiger partial charge >= 0.3 is 0 Å². The molecule has 2 aromatic rings. The first-order valence-corrected chi connectivity index (χ1v) is 7.94. The summed E-state index contributed by atoms with van der Waals surface area (Å²) in [6.07, 6.45) is 0. The van der Waals surface area contributed by atoms with Crippen molar-refractivity contribution in [1.29, 1.82) is 5.26 Å². The summed E-state index contributed by atoms with van der Waals surface area (Å²) in [4.78, 5) is 11.8. The minimum absolute atomic E-state index is 0.0653. The van der Waals surface area contributed by atoms with E-state index in [4.69, 9.17) is 16.9 Å². The average Bonchev–Trinajstić information content (AvgIpc) is 2.51. The van der Waals surface area contributed by atoms with Gasteiger partial charge in [0.05, 0.1) is 23.1 Å². The molecule has 0 saturated heterocycles. The number of thioether (sulfide) groups is 1. The lowest BCUT2D eigenvalue weighted by Crippen LogP contribution is -2.15. The normalized spacial score (nSPS) is 10.0. The number of hydrogen-bond acceptors (Lipinski definition) is 3. The Kier molecular flexibility index (Phi) is 5.82. The van der Waals surface area contributed by atoms with E-state index in [9.17, 15) is 9.18 Å². The molecule has 0 bridgehead atoms. The lowest BCUT2D eigenvalue weighted by atomic mass is 10.1. The van der Waals surface area contributed by atoms with Crippen LogP contribution in [0.2, 0.25) is 5.02 Å². The Morgan fingerprint density at radius 1 is 1.32 bits per heavy atom. The van der Waals surface area contributed by atoms with Gasteiger partial charge in [0.2, 0.25) is 5.91 Å². The van der Waals surface area contributed by atoms with Gasteiger partial charge in [-0.1, -0.05) is 29.8 Å². The lowest BCUT2D eigenvalue weighted by molar-refractivity contribution is -0.113. The Bertz CT molecular complexity index is 730. The van der Waals surface area contributed by atoms with E-state index in [2.05, 4.69) is 11.4 Å². The fraction of sp³-hybridized carbons (Fsp3) is 0.125. The highest BCUT2D eigenvalue weighted by Gasteiger charge is 2.08. The standard InChI is InChI=1S/C16H12ClFN2OS/c17-13-5-6-14(18)15(7-13)20-16(21)10-22-9-12-4-2-1-3-11(12)8-19/h1-7H,9-10H2,(H,20,21). The third-order valence-corrected chi connectivity index (χ3v) is 4.05. The zero-order valence-electron chi connectivity index (χ0n) is 11.5. The molecule has 3 nitrogen and oxygen atoms in total. The van der Waals surface area contributed by atoms with Gasteiger partial charge in [0.1, 0.15) is 5.82 Å². The number of benzene rings is 2. The molecule has 1 N–H and O–H groups in total. The van der Waals surface area contributed by atoms with Gasteiger partial charge in [-0.05, 0) is 29.8 Å². The van der Waals surface area contributed by atoms with Crippen LogP contribution in [0, 0.1) is 17.1 Å². The summed E-state index contributed by atoms with van der Waals surface area (Å²) in [6.45, 7) is 0. The molecule has 0 aliphatic rings. The van der Waals surface area contributed by atoms with Crippen LogP contribution in [-0.4, -0.2) is 11.7 Å². The number of rotatable bonds is 5. The molecule has 0 heterocycles. The van der Waals surface area contributed by atoms with Crippen LogP contribution < -0.4 is 5.32 Å². The molecular weight excluding hydrogens is 323 g/mol. The molecule has 0 atom stereocenters. The smallest absolute Gasteiger partial charge is 0.234 e. The zero-order valence-corrected chi connectivity index (χ0v) is 13.0. The topological polar surface area (TPSA) is 52.9 Å². The van der Waals surface area contributed by atoms with Crippen LogP contribution in [0.15, 0.2) is 42.5 Å². The number of halogens is 2. The molecule has 22 heavy (non-hydrogen) atoms. The van der Waals surface area contributed by atoms with E-state index < -0.39 is 5.82 Å². The maximum atomic E-state index is 13.5. The Morgan fingerprint density at radius 2 is 2.09 bits per heavy atom. The highest BCUT2D eigenvalue weighted by Crippen LogP contribution is 2.20. The lowest BCUT2D eigenvalue weighted by Gasteiger charge is -2.07. The fourth-order valence-electron chi connectivity index (χ4n) is 1.79. The molecule has 1 amide bonds. The second-order valence-corrected chi connectivity index (χ2v) is 5.86. The van der Waals surface area contributed by atoms with Crippen molar-refractivity contribution < 1.29 is 9.18 Å². The maximum Gasteiger partial charge on any atom is 0.234 e. The van der Waals surface area contributed by atoms with Gasteiger partial charge in [0, 0.05) is 10.8 Å². The van der Waals surface area contributed by atoms with Gasteiger partial charge < -0.3 is 5.32 Å². The molecule has 2 rings (SSSR count). The van der Waals surface area contributed by atoms with E-state index in [0.29, 0.717) is 16.3 Å². The molecule has 0 saturated carbocycles. The number of hydrogen-bond donors (Lipinski definition) is 1. The summed E-state index contributed by atoms with van der Waals surface area (Å²) in [5, 5.41) is 11.8. The zero-order chi connectivity index (χ0) is 15.9. The molecule has 0 spiro atoms. The monoisotopic (exact) mass is 334 g/mol. The van der Waals surface area contributed by atoms with Crippen LogP contribution >= 0.6 is 23.4 Å². The summed E-state index contributed by atoms with van der Waals surface area (Å²) in [5.74, 6) is -0.154. The van der Waals surface area contributed by atoms with Crippen LogP contribution in [0.5, 0.6) is 0 Å². The Balaban J connectivity index is 1.88. The Labute approximate surface area is 137 Å². The van der Waals surface area contributed by atoms with Crippen molar-refractivity contribution in [3.8, 4) is 6.07 Å². The Morgan fingerprint density at radius 3 is 2.86 bits per heavy atom. The third kappa shape index (κ3) is 4.48. The van der Waals surface area contributed by atoms with Crippen molar-refractivity contribution in [1.82, 2.24) is 0 Å². The van der Waals surface area contributed by atoms with Crippen LogP contribution in [0.4, 0.5) is 10.1 Å². The van der Waals surface area contributed by atoms with E-state index in [1.807, 2.05) is 12.1 Å². The number of nitrogens with zero attached hydrogens (tertiary/aromatic N) is 1. The van der Waals surface area contributed by atoms with Crippen molar-refractivity contribution in [3.05, 3.63) is 64.4 Å². The van der Waals surface area contributed by atoms with Crippen molar-refractivity contribution in [2.75, 3.05) is 11.1 Å². The van der Waals surface area contributed by atoms with E-state index in [1.54, 1.807) is 12.1 Å². The van der Waals surface area contributed by atoms with E-state index in [0.717, 1.165) is 5.56 Å². The molecular formula is C16H12ClFN2OS. The second kappa shape index (κ2) is 7.83. The minimum atomic E-state index is -0.530. The van der Waals surface area contributed by atoms with Gasteiger partial charge in [-0.3, -0.25) is 4.79 Å². The molecule has 2 aromatic carbocycles. The summed E-state index contributed by atoms with van der Waals surface area (Å²) in [5.41, 5.74) is 1.53. The summed E-state index contributed by atoms with van der Waals surface area (Å²) in [6, 6.07) is 13.3. The average molecular weight is 335 g/mol. The first-order valence-electron chi connectivity index (χ1n) is 6.41. The molecule has 0 fully saturated rings. The summed E-state index contributed by atoms with van der Waals surface area (Å²) in [7, 11) is 0. The van der Waals surface area contributed by atoms with E-state index in [-0.39, 0.29) is 17.3 Å². The van der Waals surface area contributed by atoms with E-state index in [1.165, 1.54) is 30.0 Å². The second-order valence-electron chi connectivity index (χ2n) is 4.43. The molecule has 0 unspecified atom stereocenters. The Hall–Kier alpha value is -2.03. The van der Waals surface area contributed by atoms with Crippen LogP contribution in [-0.2, 0) is 10.5 Å². The maximum absolute atomic E-state index is 13.5. The number of anilines is 1. The number of nitrogens with one attached hydrogen (secondary N) is 1. The van der Waals surface area contributed by atoms with Crippen LogP contribution in [0.3, 0.4) is 0 Å². The molecule has 0 aromatic heterocycles. The van der Waals surface area contributed by atoms with Gasteiger partial charge in [-0.25, -0.2) is 4.39 Å². The number of nitriles is 1. The first-order chi connectivity index (χ1) is 10.6. The number of amides is 1. The molecule has 0 aliphatic heterocycles. The SMILES string of the molecule is N#Cc1ccccc1CSCC(=O)Nc1cc(Cl)ccc1F. The highest BCUT2D eigenvalue weighted by atomic mass is 35.5. The first kappa shape index (κ1) is 16.3. The van der Waals surface area contributed by atoms with Gasteiger partial charge in [-0.15, -0.1) is 11.8 Å². The van der Waals surface area contributed by atoms with Crippen molar-refractivity contribution in [2.45, 2.75) is 5.75 Å². The summed E-state index contributed by atoms with van der Waals surface area (Å²) >= 11 is 7.12. The van der Waals surface area contributed by atoms with Crippen LogP contribution in [0.25, 0.3) is 0 Å². The van der Waals surface area contributed by atoms with Crippen LogP contribution in [0.1, 0.15) is 11.1 Å². The summed E-state index contributed by atoms with van der Waals surface area (Å²) < 4.78 is 13.5. The number of carbonyl (C=O) groups excluding carboxylic acids is 1. The highest BCUT2D eigenvalue weighted by molar-refractivity contribution is 7.99. The van der Waals surface area contributed by atoms with Gasteiger partial charge in [-0.2, -0.15) is 5.26 Å². The fourth-order valence-corrected chi connectivity index (χ4v) is 2.79. The largest absolute Gasteiger partial charge is 0.323 e. The molecule has 0 aliphatic carbocycles. The third-order valence-electron chi connectivity index (χ3n) is 2.83. The molecule has 6 heteroatoms. The van der Waals surface area contributed by atoms with E-state index >= 15 is 0 Å². The molecule has 0 radical (unpaired) electrons. The van der Waals surface area contributed by atoms with Gasteiger partial charge in [0.25, 0.3) is 0 Å². The van der Waals surface area contributed by atoms with Crippen molar-refractivity contribution >= 4 is 35.0 Å². The number of carbonyl (C=O) groups is 1. The van der Waals surface area contributed by atoms with Crippen molar-refractivity contribution in [2.24, 2.45) is 0 Å². The van der Waals surface area contributed by atoms with Crippen molar-refractivity contribution in [3.63, 3.8) is 0 Å². The predicted octanol–water partition coefficient (Wildman–Crippen LogP) is 4.22. The minimum Gasteiger partial charge on any atom is -0.323 e. The van der Waals surface area contributed by atoms with Gasteiger partial charge in [0.15, 0.2) is 0 Å². The predicted molar refractivity (Wildman–Crippen MR) is 87.4 cm³/mol. The quantitative estimate of drug-likeness (QED) is 0.890.